The van der Waals surface area contributed by atoms with Crippen LogP contribution < -0.4 is 0 Å². The Kier molecular flexibility index (Phi) is 11.7. The van der Waals surface area contributed by atoms with Crippen LogP contribution in [0.15, 0.2) is 152 Å². The van der Waals surface area contributed by atoms with Gasteiger partial charge in [-0.15, -0.1) is 0 Å². The Morgan fingerprint density at radius 1 is 0.468 bits per heavy atom. The maximum atomic E-state index is 14.2. The van der Waals surface area contributed by atoms with Gasteiger partial charge in [0.25, 0.3) is 0 Å². The Hall–Kier alpha value is -4.43. The van der Waals surface area contributed by atoms with E-state index in [1.165, 1.54) is 0 Å². The predicted molar refractivity (Wildman–Crippen MR) is 181 cm³/mol. The van der Waals surface area contributed by atoms with Crippen LogP contribution in [0.5, 0.6) is 0 Å². The van der Waals surface area contributed by atoms with Crippen molar-refractivity contribution in [2.24, 2.45) is 0 Å². The Labute approximate surface area is 276 Å². The number of rotatable bonds is 15. The van der Waals surface area contributed by atoms with Crippen LogP contribution in [0.1, 0.15) is 32.6 Å². The number of ether oxygens (including phenoxy) is 5. The van der Waals surface area contributed by atoms with E-state index in [0.29, 0.717) is 25.4 Å². The zero-order valence-electron chi connectivity index (χ0n) is 26.3. The summed E-state index contributed by atoms with van der Waals surface area (Å²) in [5.41, 5.74) is 4.59. The zero-order valence-corrected chi connectivity index (χ0v) is 26.3. The molecule has 0 aliphatic carbocycles. The summed E-state index contributed by atoms with van der Waals surface area (Å²) in [5.74, 6) is -0.174. The first-order chi connectivity index (χ1) is 23.2. The highest BCUT2D eigenvalue weighted by atomic mass is 16.6. The van der Waals surface area contributed by atoms with Gasteiger partial charge in [0.15, 0.2) is 5.78 Å². The number of hydrogen-bond donors (Lipinski definition) is 0. The van der Waals surface area contributed by atoms with Crippen LogP contribution in [0.3, 0.4) is 0 Å². The predicted octanol–water partition coefficient (Wildman–Crippen LogP) is 7.61. The molecule has 1 heterocycles. The maximum absolute atomic E-state index is 14.2. The minimum atomic E-state index is -0.955. The van der Waals surface area contributed by atoms with Crippen LogP contribution in [-0.4, -0.2) is 42.9 Å². The summed E-state index contributed by atoms with van der Waals surface area (Å²) in [6, 6.07) is 49.1. The number of ketones is 1. The van der Waals surface area contributed by atoms with Crippen LogP contribution >= 0.6 is 0 Å². The average Bonchev–Trinajstić information content (AvgIpc) is 3.14. The molecule has 1 saturated heterocycles. The summed E-state index contributed by atoms with van der Waals surface area (Å²) < 4.78 is 33.0. The van der Waals surface area contributed by atoms with Crippen molar-refractivity contribution in [2.45, 2.75) is 56.9 Å². The number of benzene rings is 5. The lowest BCUT2D eigenvalue weighted by molar-refractivity contribution is -0.261. The van der Waals surface area contributed by atoms with Gasteiger partial charge in [-0.25, -0.2) is 0 Å². The number of hydrogen-bond acceptors (Lipinski definition) is 6. The van der Waals surface area contributed by atoms with Gasteiger partial charge in [-0.2, -0.15) is 0 Å². The van der Waals surface area contributed by atoms with E-state index in [9.17, 15) is 4.79 Å². The minimum Gasteiger partial charge on any atom is -0.374 e. The molecule has 0 amide bonds. The van der Waals surface area contributed by atoms with Gasteiger partial charge >= 0.3 is 0 Å². The molecule has 0 saturated carbocycles. The van der Waals surface area contributed by atoms with Crippen LogP contribution in [0, 0.1) is 0 Å². The van der Waals surface area contributed by atoms with Crippen molar-refractivity contribution in [3.05, 3.63) is 179 Å². The summed E-state index contributed by atoms with van der Waals surface area (Å²) in [7, 11) is 0. The molecule has 6 heteroatoms. The smallest absolute Gasteiger partial charge is 0.194 e. The summed E-state index contributed by atoms with van der Waals surface area (Å²) in [6.45, 7) is 1.51. The van der Waals surface area contributed by atoms with E-state index in [1.54, 1.807) is 12.1 Å². The van der Waals surface area contributed by atoms with Crippen molar-refractivity contribution < 1.29 is 28.5 Å². The van der Waals surface area contributed by atoms with E-state index < -0.39 is 30.5 Å². The SMILES string of the molecule is O=C(c1ccccc1)[C@@H]1O[C@H](COCc2ccccc2)[C@H](OCc2ccccc2)[C@H](OCc2ccccc2)[C@H]1OCc1ccccc1. The van der Waals surface area contributed by atoms with Gasteiger partial charge in [-0.1, -0.05) is 152 Å². The number of carbonyl (C=O) groups is 1. The summed E-state index contributed by atoms with van der Waals surface area (Å²) in [4.78, 5) is 14.2. The number of Topliss-reactive ketones (excluding diaryl/α,β-unsaturated/α-hetero) is 1. The fraction of sp³-hybridized carbons (Fsp3) is 0.244. The molecular formula is C41H40O6. The monoisotopic (exact) mass is 628 g/mol. The van der Waals surface area contributed by atoms with Gasteiger partial charge in [0.1, 0.15) is 30.5 Å². The van der Waals surface area contributed by atoms with Gasteiger partial charge < -0.3 is 23.7 Å². The molecule has 0 unspecified atom stereocenters. The van der Waals surface area contributed by atoms with E-state index in [4.69, 9.17) is 23.7 Å². The molecule has 5 atom stereocenters. The normalized spacial score (nSPS) is 20.9. The van der Waals surface area contributed by atoms with E-state index in [0.717, 1.165) is 22.3 Å². The molecule has 0 N–H and O–H groups in total. The highest BCUT2D eigenvalue weighted by Crippen LogP contribution is 2.32. The Morgan fingerprint density at radius 2 is 0.851 bits per heavy atom. The maximum Gasteiger partial charge on any atom is 0.194 e. The van der Waals surface area contributed by atoms with Gasteiger partial charge in [0, 0.05) is 5.56 Å². The van der Waals surface area contributed by atoms with Gasteiger partial charge in [0.2, 0.25) is 0 Å². The molecule has 0 bridgehead atoms. The third-order valence-corrected chi connectivity index (χ3v) is 8.20. The lowest BCUT2D eigenvalue weighted by Gasteiger charge is -2.45. The molecule has 6 nitrogen and oxygen atoms in total. The van der Waals surface area contributed by atoms with Crippen molar-refractivity contribution in [1.82, 2.24) is 0 Å². The summed E-state index contributed by atoms with van der Waals surface area (Å²) in [6.07, 6.45) is -3.59. The molecule has 1 aliphatic rings. The highest BCUT2D eigenvalue weighted by Gasteiger charge is 2.51. The van der Waals surface area contributed by atoms with E-state index in [2.05, 4.69) is 0 Å². The van der Waals surface area contributed by atoms with Gasteiger partial charge in [-0.05, 0) is 22.3 Å². The first kappa shape index (κ1) is 32.5. The van der Waals surface area contributed by atoms with Crippen molar-refractivity contribution in [3.63, 3.8) is 0 Å². The Balaban J connectivity index is 1.34. The third kappa shape index (κ3) is 9.10. The summed E-state index contributed by atoms with van der Waals surface area (Å²) >= 11 is 0. The lowest BCUT2D eigenvalue weighted by Crippen LogP contribution is -2.63. The molecule has 5 aromatic carbocycles. The van der Waals surface area contributed by atoms with E-state index in [1.807, 2.05) is 140 Å². The molecule has 240 valence electrons. The van der Waals surface area contributed by atoms with Crippen molar-refractivity contribution in [1.29, 1.82) is 0 Å². The fourth-order valence-electron chi connectivity index (χ4n) is 5.77. The van der Waals surface area contributed by atoms with Crippen LogP contribution in [-0.2, 0) is 50.1 Å². The van der Waals surface area contributed by atoms with Crippen molar-refractivity contribution in [3.8, 4) is 0 Å². The van der Waals surface area contributed by atoms with Crippen LogP contribution in [0.4, 0.5) is 0 Å². The molecule has 0 aromatic heterocycles. The fourth-order valence-corrected chi connectivity index (χ4v) is 5.77. The van der Waals surface area contributed by atoms with E-state index in [-0.39, 0.29) is 19.0 Å². The molecule has 47 heavy (non-hydrogen) atoms. The standard InChI is InChI=1S/C41H40O6/c42-37(35-24-14-5-15-25-35)39-41(46-29-34-22-12-4-13-23-34)40(45-28-33-20-10-3-11-21-33)38(44-27-32-18-8-2-9-19-32)36(47-39)30-43-26-31-16-6-1-7-17-31/h1-25,36,38-41H,26-30H2/t36-,38+,39+,40+,41+/m1/s1. The quantitative estimate of drug-likeness (QED) is 0.111. The topological polar surface area (TPSA) is 63.2 Å². The van der Waals surface area contributed by atoms with E-state index >= 15 is 0 Å². The number of carbonyl (C=O) groups excluding carboxylic acids is 1. The van der Waals surface area contributed by atoms with Crippen molar-refractivity contribution in [2.75, 3.05) is 6.61 Å². The molecule has 0 radical (unpaired) electrons. The molecule has 1 aliphatic heterocycles. The average molecular weight is 629 g/mol. The first-order valence-electron chi connectivity index (χ1n) is 16.1. The molecule has 1 fully saturated rings. The van der Waals surface area contributed by atoms with Gasteiger partial charge in [0.05, 0.1) is 33.0 Å². The first-order valence-corrected chi connectivity index (χ1v) is 16.1. The Morgan fingerprint density at radius 3 is 1.32 bits per heavy atom. The largest absolute Gasteiger partial charge is 0.374 e. The van der Waals surface area contributed by atoms with Crippen LogP contribution in [0.25, 0.3) is 0 Å². The van der Waals surface area contributed by atoms with Gasteiger partial charge in [-0.3, -0.25) is 4.79 Å². The molecule has 5 aromatic rings. The molecule has 0 spiro atoms. The van der Waals surface area contributed by atoms with Crippen LogP contribution in [0.2, 0.25) is 0 Å². The second-order valence-electron chi connectivity index (χ2n) is 11.6. The highest BCUT2D eigenvalue weighted by molar-refractivity contribution is 6.00. The Bertz CT molecular complexity index is 1620. The second-order valence-corrected chi connectivity index (χ2v) is 11.6. The molecular weight excluding hydrogens is 588 g/mol. The van der Waals surface area contributed by atoms with Crippen molar-refractivity contribution >= 4 is 5.78 Å². The summed E-state index contributed by atoms with van der Waals surface area (Å²) in [5, 5.41) is 0. The lowest BCUT2D eigenvalue weighted by atomic mass is 9.90. The minimum absolute atomic E-state index is 0.174. The zero-order chi connectivity index (χ0) is 32.1. The second kappa shape index (κ2) is 16.9. The molecule has 6 rings (SSSR count). The third-order valence-electron chi connectivity index (χ3n) is 8.20.